The smallest absolute Gasteiger partial charge is 0.293 e. The van der Waals surface area contributed by atoms with Crippen LogP contribution in [0, 0.1) is 21.8 Å². The van der Waals surface area contributed by atoms with Crippen molar-refractivity contribution in [2.75, 3.05) is 25.0 Å². The molecule has 104 valence electrons. The van der Waals surface area contributed by atoms with Crippen LogP contribution in [0.1, 0.15) is 12.8 Å². The average Bonchev–Trinajstić information content (AvgIpc) is 2.86. The molecule has 1 aromatic carbocycles. The molecular weight excluding hydrogens is 317 g/mol. The molecule has 0 bridgehead atoms. The van der Waals surface area contributed by atoms with Gasteiger partial charge in [-0.05, 0) is 47.8 Å². The molecule has 1 saturated heterocycles. The van der Waals surface area contributed by atoms with Crippen molar-refractivity contribution >= 4 is 27.3 Å². The lowest BCUT2D eigenvalue weighted by Crippen LogP contribution is -2.13. The van der Waals surface area contributed by atoms with Crippen molar-refractivity contribution in [2.45, 2.75) is 12.8 Å². The van der Waals surface area contributed by atoms with E-state index in [2.05, 4.69) is 26.6 Å². The van der Waals surface area contributed by atoms with Crippen LogP contribution in [0.4, 0.5) is 15.8 Å². The fourth-order valence-electron chi connectivity index (χ4n) is 2.20. The molecule has 1 heterocycles. The zero-order valence-corrected chi connectivity index (χ0v) is 11.9. The van der Waals surface area contributed by atoms with Crippen molar-refractivity contribution in [3.05, 3.63) is 32.5 Å². The minimum atomic E-state index is -0.510. The summed E-state index contributed by atoms with van der Waals surface area (Å²) in [4.78, 5) is 10.4. The molecule has 2 N–H and O–H groups in total. The Morgan fingerprint density at radius 3 is 3.00 bits per heavy atom. The molecule has 1 atom stereocenters. The molecule has 0 amide bonds. The summed E-state index contributed by atoms with van der Waals surface area (Å²) in [5.74, 6) is 0.0856. The van der Waals surface area contributed by atoms with Crippen LogP contribution >= 0.6 is 15.9 Å². The van der Waals surface area contributed by atoms with Gasteiger partial charge >= 0.3 is 0 Å². The van der Waals surface area contributed by atoms with E-state index in [-0.39, 0.29) is 15.8 Å². The molecule has 1 aliphatic heterocycles. The van der Waals surface area contributed by atoms with Gasteiger partial charge < -0.3 is 10.6 Å². The monoisotopic (exact) mass is 331 g/mol. The van der Waals surface area contributed by atoms with Crippen LogP contribution < -0.4 is 10.6 Å². The van der Waals surface area contributed by atoms with E-state index in [1.54, 1.807) is 0 Å². The van der Waals surface area contributed by atoms with E-state index in [0.717, 1.165) is 32.0 Å². The van der Waals surface area contributed by atoms with Crippen molar-refractivity contribution < 1.29 is 9.31 Å². The molecule has 19 heavy (non-hydrogen) atoms. The molecule has 0 saturated carbocycles. The van der Waals surface area contributed by atoms with Crippen molar-refractivity contribution in [3.63, 3.8) is 0 Å². The minimum absolute atomic E-state index is 0.102. The third kappa shape index (κ3) is 3.63. The van der Waals surface area contributed by atoms with E-state index < -0.39 is 10.7 Å². The third-order valence-corrected chi connectivity index (χ3v) is 3.87. The third-order valence-electron chi connectivity index (χ3n) is 3.27. The van der Waals surface area contributed by atoms with Gasteiger partial charge in [-0.15, -0.1) is 0 Å². The highest BCUT2D eigenvalue weighted by Gasteiger charge is 2.18. The Bertz CT molecular complexity index is 478. The quantitative estimate of drug-likeness (QED) is 0.643. The summed E-state index contributed by atoms with van der Waals surface area (Å²) in [6, 6.07) is 2.35. The highest BCUT2D eigenvalue weighted by molar-refractivity contribution is 9.10. The number of nitro benzene ring substituents is 1. The Balaban J connectivity index is 2.01. The largest absolute Gasteiger partial charge is 0.379 e. The fraction of sp³-hybridized carbons (Fsp3) is 0.500. The molecular formula is C12H15BrFN3O2. The second-order valence-electron chi connectivity index (χ2n) is 4.61. The Morgan fingerprint density at radius 2 is 2.37 bits per heavy atom. The van der Waals surface area contributed by atoms with Gasteiger partial charge in [0.2, 0.25) is 0 Å². The summed E-state index contributed by atoms with van der Waals surface area (Å²) < 4.78 is 13.5. The predicted octanol–water partition coefficient (Wildman–Crippen LogP) is 2.91. The Kier molecular flexibility index (Phi) is 4.71. The Hall–Kier alpha value is -1.21. The van der Waals surface area contributed by atoms with Crippen LogP contribution in [0.2, 0.25) is 0 Å². The average molecular weight is 332 g/mol. The SMILES string of the molecule is O=[N+]([O-])c1cc(Br)c(F)cc1NCCC1CCNC1. The summed E-state index contributed by atoms with van der Waals surface area (Å²) >= 11 is 2.96. The van der Waals surface area contributed by atoms with Gasteiger partial charge in [0.1, 0.15) is 11.5 Å². The molecule has 0 aliphatic carbocycles. The first kappa shape index (κ1) is 14.2. The molecule has 2 rings (SSSR count). The number of hydrogen-bond acceptors (Lipinski definition) is 4. The zero-order valence-electron chi connectivity index (χ0n) is 10.3. The van der Waals surface area contributed by atoms with Gasteiger partial charge in [-0.3, -0.25) is 10.1 Å². The molecule has 5 nitrogen and oxygen atoms in total. The zero-order chi connectivity index (χ0) is 13.8. The standard InChI is InChI=1S/C12H15BrFN3O2/c13-9-5-12(17(18)19)11(6-10(9)14)16-4-2-8-1-3-15-7-8/h5-6,8,15-16H,1-4,7H2. The summed E-state index contributed by atoms with van der Waals surface area (Å²) in [5.41, 5.74) is 0.120. The van der Waals surface area contributed by atoms with Gasteiger partial charge in [-0.2, -0.15) is 0 Å². The molecule has 1 fully saturated rings. The summed E-state index contributed by atoms with van der Waals surface area (Å²) in [6.07, 6.45) is 2.04. The first-order valence-electron chi connectivity index (χ1n) is 6.16. The molecule has 0 aromatic heterocycles. The van der Waals surface area contributed by atoms with Crippen molar-refractivity contribution in [1.82, 2.24) is 5.32 Å². The highest BCUT2D eigenvalue weighted by Crippen LogP contribution is 2.30. The van der Waals surface area contributed by atoms with Gasteiger partial charge in [0, 0.05) is 18.7 Å². The van der Waals surface area contributed by atoms with Crippen LogP contribution in [0.5, 0.6) is 0 Å². The topological polar surface area (TPSA) is 67.2 Å². The lowest BCUT2D eigenvalue weighted by molar-refractivity contribution is -0.384. The molecule has 1 aromatic rings. The summed E-state index contributed by atoms with van der Waals surface area (Å²) in [7, 11) is 0. The highest BCUT2D eigenvalue weighted by atomic mass is 79.9. The molecule has 0 radical (unpaired) electrons. The number of rotatable bonds is 5. The van der Waals surface area contributed by atoms with Gasteiger partial charge in [0.15, 0.2) is 0 Å². The maximum atomic E-state index is 13.4. The lowest BCUT2D eigenvalue weighted by atomic mass is 10.1. The van der Waals surface area contributed by atoms with E-state index in [9.17, 15) is 14.5 Å². The molecule has 1 aliphatic rings. The first-order valence-corrected chi connectivity index (χ1v) is 6.95. The summed E-state index contributed by atoms with van der Waals surface area (Å²) in [6.45, 7) is 2.62. The second-order valence-corrected chi connectivity index (χ2v) is 5.47. The van der Waals surface area contributed by atoms with Crippen molar-refractivity contribution in [1.29, 1.82) is 0 Å². The Morgan fingerprint density at radius 1 is 1.58 bits per heavy atom. The second kappa shape index (κ2) is 6.29. The van der Waals surface area contributed by atoms with Crippen molar-refractivity contribution in [3.8, 4) is 0 Å². The van der Waals surface area contributed by atoms with E-state index in [0.29, 0.717) is 12.5 Å². The maximum Gasteiger partial charge on any atom is 0.293 e. The minimum Gasteiger partial charge on any atom is -0.379 e. The number of benzene rings is 1. The van der Waals surface area contributed by atoms with Crippen LogP contribution in [-0.2, 0) is 0 Å². The summed E-state index contributed by atoms with van der Waals surface area (Å²) in [5, 5.41) is 17.1. The van der Waals surface area contributed by atoms with Crippen LogP contribution in [0.15, 0.2) is 16.6 Å². The number of anilines is 1. The van der Waals surface area contributed by atoms with Crippen molar-refractivity contribution in [2.24, 2.45) is 5.92 Å². The van der Waals surface area contributed by atoms with Crippen LogP contribution in [0.3, 0.4) is 0 Å². The maximum absolute atomic E-state index is 13.4. The van der Waals surface area contributed by atoms with E-state index >= 15 is 0 Å². The molecule has 1 unspecified atom stereocenters. The molecule has 7 heteroatoms. The van der Waals surface area contributed by atoms with E-state index in [4.69, 9.17) is 0 Å². The number of nitrogens with zero attached hydrogens (tertiary/aromatic N) is 1. The fourth-order valence-corrected chi connectivity index (χ4v) is 2.53. The normalized spacial score (nSPS) is 18.5. The first-order chi connectivity index (χ1) is 9.08. The molecule has 0 spiro atoms. The van der Waals surface area contributed by atoms with E-state index in [1.165, 1.54) is 6.07 Å². The van der Waals surface area contributed by atoms with Gasteiger partial charge in [0.05, 0.1) is 9.40 Å². The van der Waals surface area contributed by atoms with Gasteiger partial charge in [0.25, 0.3) is 5.69 Å². The van der Waals surface area contributed by atoms with Crippen LogP contribution in [-0.4, -0.2) is 24.6 Å². The lowest BCUT2D eigenvalue weighted by Gasteiger charge is -2.11. The van der Waals surface area contributed by atoms with E-state index in [1.807, 2.05) is 0 Å². The number of nitrogens with one attached hydrogen (secondary N) is 2. The Labute approximate surface area is 118 Å². The number of nitro groups is 1. The number of hydrogen-bond donors (Lipinski definition) is 2. The van der Waals surface area contributed by atoms with Gasteiger partial charge in [-0.25, -0.2) is 4.39 Å². The van der Waals surface area contributed by atoms with Crippen LogP contribution in [0.25, 0.3) is 0 Å². The number of halogens is 2. The predicted molar refractivity (Wildman–Crippen MR) is 74.8 cm³/mol. The van der Waals surface area contributed by atoms with Gasteiger partial charge in [-0.1, -0.05) is 0 Å².